The highest BCUT2D eigenvalue weighted by Crippen LogP contribution is 2.18. The standard InChI is InChI=1S/C15H12Cl3NO2/c16-11-3-1-2-10(8-11)4-7-15(20)21-9-13-12(17)5-6-14(18)19-13/h1-3,5-6,8H,4,7,9H2. The number of ether oxygens (including phenoxy) is 1. The molecule has 2 rings (SSSR count). The topological polar surface area (TPSA) is 39.2 Å². The fraction of sp³-hybridized carbons (Fsp3) is 0.200. The summed E-state index contributed by atoms with van der Waals surface area (Å²) in [4.78, 5) is 15.7. The molecule has 110 valence electrons. The first kappa shape index (κ1) is 16.1. The van der Waals surface area contributed by atoms with Gasteiger partial charge in [-0.25, -0.2) is 4.98 Å². The first-order valence-corrected chi connectivity index (χ1v) is 7.39. The van der Waals surface area contributed by atoms with Crippen LogP contribution in [0, 0.1) is 0 Å². The number of carbonyl (C=O) groups is 1. The van der Waals surface area contributed by atoms with Gasteiger partial charge in [0.2, 0.25) is 0 Å². The molecule has 1 aromatic carbocycles. The Balaban J connectivity index is 1.83. The summed E-state index contributed by atoms with van der Waals surface area (Å²) in [7, 11) is 0. The van der Waals surface area contributed by atoms with Crippen LogP contribution in [-0.2, 0) is 22.6 Å². The molecule has 21 heavy (non-hydrogen) atoms. The van der Waals surface area contributed by atoms with Crippen molar-refractivity contribution in [2.45, 2.75) is 19.4 Å². The summed E-state index contributed by atoms with van der Waals surface area (Å²) in [6.45, 7) is 0.00771. The molecule has 0 spiro atoms. The van der Waals surface area contributed by atoms with Crippen molar-refractivity contribution in [3.8, 4) is 0 Å². The van der Waals surface area contributed by atoms with Crippen LogP contribution in [0.2, 0.25) is 15.2 Å². The molecule has 3 nitrogen and oxygen atoms in total. The van der Waals surface area contributed by atoms with Crippen LogP contribution in [0.15, 0.2) is 36.4 Å². The van der Waals surface area contributed by atoms with E-state index < -0.39 is 0 Å². The van der Waals surface area contributed by atoms with Gasteiger partial charge in [0.25, 0.3) is 0 Å². The highest BCUT2D eigenvalue weighted by Gasteiger charge is 2.08. The van der Waals surface area contributed by atoms with Crippen LogP contribution < -0.4 is 0 Å². The zero-order valence-electron chi connectivity index (χ0n) is 11.0. The molecule has 2 aromatic rings. The third-order valence-electron chi connectivity index (χ3n) is 2.76. The van der Waals surface area contributed by atoms with Crippen LogP contribution in [0.4, 0.5) is 0 Å². The monoisotopic (exact) mass is 343 g/mol. The van der Waals surface area contributed by atoms with Gasteiger partial charge in [-0.1, -0.05) is 46.9 Å². The third-order valence-corrected chi connectivity index (χ3v) is 3.55. The Hall–Kier alpha value is -1.29. The predicted molar refractivity (Wildman–Crippen MR) is 83.8 cm³/mol. The van der Waals surface area contributed by atoms with Crippen molar-refractivity contribution in [2.24, 2.45) is 0 Å². The average Bonchev–Trinajstić information content (AvgIpc) is 2.46. The summed E-state index contributed by atoms with van der Waals surface area (Å²) in [5.41, 5.74) is 1.43. The molecule has 6 heteroatoms. The van der Waals surface area contributed by atoms with Crippen molar-refractivity contribution in [1.82, 2.24) is 4.98 Å². The van der Waals surface area contributed by atoms with E-state index in [1.54, 1.807) is 18.2 Å². The van der Waals surface area contributed by atoms with Crippen LogP contribution in [-0.4, -0.2) is 11.0 Å². The fourth-order valence-electron chi connectivity index (χ4n) is 1.72. The number of pyridine rings is 1. The summed E-state index contributed by atoms with van der Waals surface area (Å²) < 4.78 is 5.14. The van der Waals surface area contributed by atoms with Gasteiger partial charge in [0.1, 0.15) is 11.8 Å². The fourth-order valence-corrected chi connectivity index (χ4v) is 2.26. The van der Waals surface area contributed by atoms with Gasteiger partial charge in [-0.15, -0.1) is 0 Å². The smallest absolute Gasteiger partial charge is 0.306 e. The van der Waals surface area contributed by atoms with Gasteiger partial charge in [0, 0.05) is 11.4 Å². The number of hydrogen-bond donors (Lipinski definition) is 0. The van der Waals surface area contributed by atoms with E-state index in [4.69, 9.17) is 39.5 Å². The number of esters is 1. The van der Waals surface area contributed by atoms with Gasteiger partial charge in [-0.3, -0.25) is 4.79 Å². The Kier molecular flexibility index (Phi) is 5.85. The summed E-state index contributed by atoms with van der Waals surface area (Å²) in [5.74, 6) is -0.326. The van der Waals surface area contributed by atoms with Crippen molar-refractivity contribution in [1.29, 1.82) is 0 Å². The van der Waals surface area contributed by atoms with E-state index in [2.05, 4.69) is 4.98 Å². The van der Waals surface area contributed by atoms with Gasteiger partial charge in [-0.05, 0) is 36.2 Å². The van der Waals surface area contributed by atoms with Crippen LogP contribution in [0.5, 0.6) is 0 Å². The molecule has 0 aliphatic heterocycles. The van der Waals surface area contributed by atoms with Gasteiger partial charge in [-0.2, -0.15) is 0 Å². The maximum Gasteiger partial charge on any atom is 0.306 e. The molecule has 0 fully saturated rings. The second-order valence-corrected chi connectivity index (χ2v) is 5.58. The lowest BCUT2D eigenvalue weighted by Gasteiger charge is -2.06. The lowest BCUT2D eigenvalue weighted by atomic mass is 10.1. The van der Waals surface area contributed by atoms with Crippen LogP contribution in [0.3, 0.4) is 0 Å². The molecule has 0 bridgehead atoms. The summed E-state index contributed by atoms with van der Waals surface area (Å²) >= 11 is 17.6. The zero-order chi connectivity index (χ0) is 15.2. The third kappa shape index (κ3) is 5.20. The van der Waals surface area contributed by atoms with E-state index in [0.29, 0.717) is 27.3 Å². The largest absolute Gasteiger partial charge is 0.459 e. The minimum atomic E-state index is -0.326. The Labute approximate surface area is 137 Å². The molecule has 0 amide bonds. The van der Waals surface area contributed by atoms with Crippen LogP contribution in [0.25, 0.3) is 0 Å². The normalized spacial score (nSPS) is 10.4. The second kappa shape index (κ2) is 7.64. The number of hydrogen-bond acceptors (Lipinski definition) is 3. The van der Waals surface area contributed by atoms with E-state index in [0.717, 1.165) is 5.56 Å². The van der Waals surface area contributed by atoms with Crippen molar-refractivity contribution >= 4 is 40.8 Å². The zero-order valence-corrected chi connectivity index (χ0v) is 13.3. The second-order valence-electron chi connectivity index (χ2n) is 4.35. The molecule has 0 aliphatic carbocycles. The van der Waals surface area contributed by atoms with Gasteiger partial charge in [0.05, 0.1) is 10.7 Å². The number of aromatic nitrogens is 1. The minimum absolute atomic E-state index is 0.00771. The first-order chi connectivity index (χ1) is 10.0. The molecule has 0 unspecified atom stereocenters. The van der Waals surface area contributed by atoms with Gasteiger partial charge in [0.15, 0.2) is 0 Å². The molecule has 0 saturated heterocycles. The van der Waals surface area contributed by atoms with E-state index in [-0.39, 0.29) is 19.0 Å². The SMILES string of the molecule is O=C(CCc1cccc(Cl)c1)OCc1nc(Cl)ccc1Cl. The minimum Gasteiger partial charge on any atom is -0.459 e. The van der Waals surface area contributed by atoms with Gasteiger partial charge < -0.3 is 4.74 Å². The van der Waals surface area contributed by atoms with E-state index in [9.17, 15) is 4.79 Å². The summed E-state index contributed by atoms with van der Waals surface area (Å²) in [6, 6.07) is 10.6. The average molecular weight is 345 g/mol. The number of aryl methyl sites for hydroxylation is 1. The molecule has 0 saturated carbocycles. The maximum absolute atomic E-state index is 11.7. The quantitative estimate of drug-likeness (QED) is 0.582. The van der Waals surface area contributed by atoms with E-state index >= 15 is 0 Å². The van der Waals surface area contributed by atoms with E-state index in [1.807, 2.05) is 18.2 Å². The van der Waals surface area contributed by atoms with Crippen molar-refractivity contribution in [2.75, 3.05) is 0 Å². The van der Waals surface area contributed by atoms with Crippen molar-refractivity contribution < 1.29 is 9.53 Å². The Morgan fingerprint density at radius 2 is 1.95 bits per heavy atom. The van der Waals surface area contributed by atoms with Crippen molar-refractivity contribution in [3.05, 3.63) is 62.9 Å². The molecule has 0 aliphatic rings. The molecule has 1 heterocycles. The first-order valence-electron chi connectivity index (χ1n) is 6.25. The highest BCUT2D eigenvalue weighted by molar-refractivity contribution is 6.32. The Morgan fingerprint density at radius 1 is 1.14 bits per heavy atom. The molecule has 0 atom stereocenters. The molecular weight excluding hydrogens is 333 g/mol. The lowest BCUT2D eigenvalue weighted by Crippen LogP contribution is -2.07. The Morgan fingerprint density at radius 3 is 2.71 bits per heavy atom. The maximum atomic E-state index is 11.7. The van der Waals surface area contributed by atoms with Crippen molar-refractivity contribution in [3.63, 3.8) is 0 Å². The number of halogens is 3. The van der Waals surface area contributed by atoms with Crippen LogP contribution >= 0.6 is 34.8 Å². The van der Waals surface area contributed by atoms with E-state index in [1.165, 1.54) is 0 Å². The highest BCUT2D eigenvalue weighted by atomic mass is 35.5. The van der Waals surface area contributed by atoms with Crippen LogP contribution in [0.1, 0.15) is 17.7 Å². The molecule has 0 radical (unpaired) electrons. The predicted octanol–water partition coefficient (Wildman–Crippen LogP) is 4.72. The number of rotatable bonds is 5. The summed E-state index contributed by atoms with van der Waals surface area (Å²) in [6.07, 6.45) is 0.828. The molecular formula is C15H12Cl3NO2. The summed E-state index contributed by atoms with van der Waals surface area (Å²) in [5, 5.41) is 1.38. The Bertz CT molecular complexity index is 647. The number of nitrogens with zero attached hydrogens (tertiary/aromatic N) is 1. The molecule has 0 N–H and O–H groups in total. The van der Waals surface area contributed by atoms with Gasteiger partial charge >= 0.3 is 5.97 Å². The number of benzene rings is 1. The molecule has 1 aromatic heterocycles. The number of carbonyl (C=O) groups excluding carboxylic acids is 1. The lowest BCUT2D eigenvalue weighted by molar-refractivity contribution is -0.145.